The van der Waals surface area contributed by atoms with Crippen molar-refractivity contribution >= 4 is 46.1 Å². The lowest BCUT2D eigenvalue weighted by Gasteiger charge is -2.30. The molecule has 7 nitrogen and oxygen atoms in total. The fraction of sp³-hybridized carbons (Fsp3) is 0.516. The van der Waals surface area contributed by atoms with Crippen molar-refractivity contribution in [2.45, 2.75) is 75.6 Å². The van der Waals surface area contributed by atoms with Gasteiger partial charge in [-0.1, -0.05) is 69.7 Å². The SMILES string of the molecule is C=CC[C@H](C(=O)OC(I)CCC)C(CC(C)C)C(=O)NC1NC(C2=CCCC=C2)c2ccccc2N(C)C1=O. The number of rotatable bonds is 12. The van der Waals surface area contributed by atoms with Gasteiger partial charge < -0.3 is 15.0 Å². The second kappa shape index (κ2) is 14.8. The van der Waals surface area contributed by atoms with Crippen LogP contribution in [0.25, 0.3) is 0 Å². The third-order valence-corrected chi connectivity index (χ3v) is 8.07. The van der Waals surface area contributed by atoms with Crippen molar-refractivity contribution in [2.24, 2.45) is 17.8 Å². The van der Waals surface area contributed by atoms with Crippen molar-refractivity contribution in [1.29, 1.82) is 0 Å². The Morgan fingerprint density at radius 3 is 2.64 bits per heavy atom. The van der Waals surface area contributed by atoms with Gasteiger partial charge in [-0.3, -0.25) is 19.7 Å². The second-order valence-corrected chi connectivity index (χ2v) is 12.1. The van der Waals surface area contributed by atoms with Gasteiger partial charge >= 0.3 is 5.97 Å². The van der Waals surface area contributed by atoms with E-state index < -0.39 is 24.0 Å². The van der Waals surface area contributed by atoms with Crippen molar-refractivity contribution < 1.29 is 19.1 Å². The van der Waals surface area contributed by atoms with Gasteiger partial charge in [0.2, 0.25) is 5.91 Å². The molecule has 1 heterocycles. The van der Waals surface area contributed by atoms with Crippen molar-refractivity contribution in [3.05, 3.63) is 66.3 Å². The number of ether oxygens (including phenoxy) is 1. The molecule has 212 valence electrons. The van der Waals surface area contributed by atoms with E-state index in [9.17, 15) is 14.4 Å². The minimum absolute atomic E-state index is 0.155. The maximum Gasteiger partial charge on any atom is 0.311 e. The second-order valence-electron chi connectivity index (χ2n) is 10.7. The fourth-order valence-electron chi connectivity index (χ4n) is 5.22. The zero-order valence-electron chi connectivity index (χ0n) is 23.5. The van der Waals surface area contributed by atoms with E-state index in [0.717, 1.165) is 42.5 Å². The molecule has 1 aromatic carbocycles. The molecule has 0 aromatic heterocycles. The Balaban J connectivity index is 1.91. The van der Waals surface area contributed by atoms with Crippen molar-refractivity contribution in [3.8, 4) is 0 Å². The summed E-state index contributed by atoms with van der Waals surface area (Å²) in [6.45, 7) is 9.90. The minimum Gasteiger partial charge on any atom is -0.451 e. The molecule has 0 spiro atoms. The number of likely N-dealkylation sites (N-methyl/N-ethyl adjacent to an activating group) is 1. The lowest BCUT2D eigenvalue weighted by molar-refractivity contribution is -0.154. The summed E-state index contributed by atoms with van der Waals surface area (Å²) >= 11 is 2.12. The number of para-hydroxylation sites is 1. The molecule has 4 unspecified atom stereocenters. The van der Waals surface area contributed by atoms with Gasteiger partial charge in [-0.25, -0.2) is 0 Å². The van der Waals surface area contributed by atoms with E-state index in [1.165, 1.54) is 0 Å². The first-order valence-electron chi connectivity index (χ1n) is 13.9. The Morgan fingerprint density at radius 1 is 1.26 bits per heavy atom. The Bertz CT molecular complexity index is 1100. The smallest absolute Gasteiger partial charge is 0.311 e. The average molecular weight is 648 g/mol. The van der Waals surface area contributed by atoms with Crippen molar-refractivity contribution in [2.75, 3.05) is 11.9 Å². The molecule has 2 aliphatic rings. The molecule has 1 aliphatic carbocycles. The predicted molar refractivity (Wildman–Crippen MR) is 164 cm³/mol. The van der Waals surface area contributed by atoms with Gasteiger partial charge in [-0.2, -0.15) is 0 Å². The molecule has 3 rings (SSSR count). The van der Waals surface area contributed by atoms with Gasteiger partial charge in [-0.05, 0) is 77.8 Å². The first kappa shape index (κ1) is 31.1. The zero-order chi connectivity index (χ0) is 28.5. The topological polar surface area (TPSA) is 87.7 Å². The van der Waals surface area contributed by atoms with Crippen LogP contribution < -0.4 is 15.5 Å². The average Bonchev–Trinajstić information content (AvgIpc) is 3.01. The predicted octanol–water partition coefficient (Wildman–Crippen LogP) is 5.97. The highest BCUT2D eigenvalue weighted by Gasteiger charge is 2.39. The Labute approximate surface area is 246 Å². The van der Waals surface area contributed by atoms with Gasteiger partial charge in [0.05, 0.1) is 17.9 Å². The molecule has 1 aromatic rings. The van der Waals surface area contributed by atoms with Crippen molar-refractivity contribution in [1.82, 2.24) is 10.6 Å². The summed E-state index contributed by atoms with van der Waals surface area (Å²) in [6.07, 6.45) is 11.4. The van der Waals surface area contributed by atoms with Gasteiger partial charge in [0.25, 0.3) is 5.91 Å². The summed E-state index contributed by atoms with van der Waals surface area (Å²) in [5.41, 5.74) is 2.83. The van der Waals surface area contributed by atoms with E-state index in [0.29, 0.717) is 12.8 Å². The number of fused-ring (bicyclic) bond motifs is 1. The number of hydrogen-bond donors (Lipinski definition) is 2. The van der Waals surface area contributed by atoms with Crippen LogP contribution >= 0.6 is 22.6 Å². The maximum atomic E-state index is 13.9. The lowest BCUT2D eigenvalue weighted by Crippen LogP contribution is -2.57. The Kier molecular flexibility index (Phi) is 11.8. The Morgan fingerprint density at radius 2 is 2.00 bits per heavy atom. The van der Waals surface area contributed by atoms with Crippen LogP contribution in [0.5, 0.6) is 0 Å². The molecule has 8 heteroatoms. The molecule has 5 atom stereocenters. The molecular weight excluding hydrogens is 605 g/mol. The van der Waals surface area contributed by atoms with E-state index in [2.05, 4.69) is 58.0 Å². The number of hydrogen-bond acceptors (Lipinski definition) is 5. The molecule has 1 aliphatic heterocycles. The molecule has 0 fully saturated rings. The standard InChI is InChI=1S/C31H42IN3O4/c1-6-13-22(31(38)39-26(32)14-7-2)24(19-20(3)4)29(36)34-28-30(37)35(5)25-18-12-11-17-23(25)27(33-28)21-15-9-8-10-16-21/h6,9,11-12,15-18,20,22,24,26-28,33H,1,7-8,10,13-14,19H2,2-5H3,(H,34,36)/t22-,24?,26?,27?,28?/m0/s1. The number of esters is 1. The summed E-state index contributed by atoms with van der Waals surface area (Å²) in [4.78, 5) is 42.4. The number of halogens is 1. The summed E-state index contributed by atoms with van der Waals surface area (Å²) < 4.78 is 5.46. The quantitative estimate of drug-likeness (QED) is 0.126. The maximum absolute atomic E-state index is 13.9. The molecule has 2 N–H and O–H groups in total. The summed E-state index contributed by atoms with van der Waals surface area (Å²) in [5, 5.41) is 6.41. The number of anilines is 1. The molecule has 39 heavy (non-hydrogen) atoms. The van der Waals surface area contributed by atoms with Crippen LogP contribution in [0.15, 0.2) is 60.7 Å². The highest BCUT2D eigenvalue weighted by Crippen LogP contribution is 2.35. The number of carbonyl (C=O) groups excluding carboxylic acids is 3. The van der Waals surface area contributed by atoms with E-state index in [4.69, 9.17) is 4.74 Å². The number of alkyl halides is 1. The van der Waals surface area contributed by atoms with E-state index in [1.54, 1.807) is 18.0 Å². The molecular formula is C31H42IN3O4. The van der Waals surface area contributed by atoms with Gasteiger partial charge in [0, 0.05) is 12.7 Å². The number of benzene rings is 1. The molecule has 0 saturated heterocycles. The first-order chi connectivity index (χ1) is 18.7. The summed E-state index contributed by atoms with van der Waals surface area (Å²) in [6, 6.07) is 7.53. The van der Waals surface area contributed by atoms with Crippen LogP contribution in [0.2, 0.25) is 0 Å². The van der Waals surface area contributed by atoms with Crippen LogP contribution in [0.4, 0.5) is 5.69 Å². The fourth-order valence-corrected chi connectivity index (χ4v) is 6.09. The van der Waals surface area contributed by atoms with E-state index in [1.807, 2.05) is 45.0 Å². The molecule has 0 saturated carbocycles. The largest absolute Gasteiger partial charge is 0.451 e. The molecule has 2 amide bonds. The molecule has 0 radical (unpaired) electrons. The highest BCUT2D eigenvalue weighted by atomic mass is 127. The summed E-state index contributed by atoms with van der Waals surface area (Å²) in [7, 11) is 1.73. The molecule has 0 bridgehead atoms. The normalized spacial score (nSPS) is 21.3. The van der Waals surface area contributed by atoms with Crippen LogP contribution in [0.1, 0.15) is 70.9 Å². The number of carbonyl (C=O) groups is 3. The Hall–Kier alpha value is -2.46. The number of allylic oxidation sites excluding steroid dienone is 3. The zero-order valence-corrected chi connectivity index (χ0v) is 25.6. The van der Waals surface area contributed by atoms with Crippen LogP contribution in [0, 0.1) is 17.8 Å². The third-order valence-electron chi connectivity index (χ3n) is 7.19. The number of nitrogens with one attached hydrogen (secondary N) is 2. The third kappa shape index (κ3) is 8.03. The number of nitrogens with zero attached hydrogens (tertiary/aromatic N) is 1. The summed E-state index contributed by atoms with van der Waals surface area (Å²) in [5.74, 6) is -2.20. The van der Waals surface area contributed by atoms with Gasteiger partial charge in [-0.15, -0.1) is 6.58 Å². The monoisotopic (exact) mass is 647 g/mol. The first-order valence-corrected chi connectivity index (χ1v) is 15.2. The van der Waals surface area contributed by atoms with Crippen LogP contribution in [0.3, 0.4) is 0 Å². The van der Waals surface area contributed by atoms with Gasteiger partial charge in [0.1, 0.15) is 0 Å². The lowest BCUT2D eigenvalue weighted by atomic mass is 9.82. The number of amides is 2. The minimum atomic E-state index is -0.969. The van der Waals surface area contributed by atoms with Crippen LogP contribution in [-0.4, -0.2) is 35.1 Å². The van der Waals surface area contributed by atoms with Crippen LogP contribution in [-0.2, 0) is 19.1 Å². The highest BCUT2D eigenvalue weighted by molar-refractivity contribution is 14.1. The van der Waals surface area contributed by atoms with E-state index in [-0.39, 0.29) is 27.9 Å². The van der Waals surface area contributed by atoms with E-state index >= 15 is 0 Å². The van der Waals surface area contributed by atoms with Crippen molar-refractivity contribution in [3.63, 3.8) is 0 Å². The van der Waals surface area contributed by atoms with Gasteiger partial charge in [0.15, 0.2) is 10.3 Å².